The summed E-state index contributed by atoms with van der Waals surface area (Å²) in [5.41, 5.74) is -0.147. The quantitative estimate of drug-likeness (QED) is 0.237. The molecule has 0 N–H and O–H groups in total. The molecule has 0 aliphatic rings. The van der Waals surface area contributed by atoms with Crippen molar-refractivity contribution in [3.63, 3.8) is 0 Å². The number of ether oxygens (including phenoxy) is 1. The normalized spacial score (nSPS) is 12.2. The van der Waals surface area contributed by atoms with E-state index in [0.717, 1.165) is 16.7 Å². The zero-order valence-electron chi connectivity index (χ0n) is 15.3. The lowest BCUT2D eigenvalue weighted by Crippen LogP contribution is -2.15. The molecule has 0 bridgehead atoms. The summed E-state index contributed by atoms with van der Waals surface area (Å²) in [4.78, 5) is 0. The van der Waals surface area contributed by atoms with E-state index < -0.39 is 40.8 Å². The molecule has 0 amide bonds. The van der Waals surface area contributed by atoms with Gasteiger partial charge in [-0.1, -0.05) is 48.5 Å². The Hall–Kier alpha value is -3.29. The predicted molar refractivity (Wildman–Crippen MR) is 97.8 cm³/mol. The molecular formula is C22H13F7O. The van der Waals surface area contributed by atoms with Gasteiger partial charge < -0.3 is 4.74 Å². The van der Waals surface area contributed by atoms with Crippen LogP contribution in [0.15, 0.2) is 54.6 Å². The Kier molecular flexibility index (Phi) is 5.87. The van der Waals surface area contributed by atoms with E-state index in [1.54, 1.807) is 0 Å². The van der Waals surface area contributed by atoms with Crippen molar-refractivity contribution >= 4 is 11.6 Å². The zero-order chi connectivity index (χ0) is 22.1. The molecule has 0 unspecified atom stereocenters. The standard InChI is InChI=1S/C22H13F7O/c1-12(11-13-5-3-2-4-6-13)14-7-9-15(10-8-14)30-21-19(25)17(23)16(22(27,28)29)18(24)20(21)26/h2-11H,1H3/b12-11+. The summed E-state index contributed by atoms with van der Waals surface area (Å²) in [6.07, 6.45) is -3.73. The average Bonchev–Trinajstić information content (AvgIpc) is 2.70. The summed E-state index contributed by atoms with van der Waals surface area (Å²) >= 11 is 0. The number of rotatable bonds is 4. The fraction of sp³-hybridized carbons (Fsp3) is 0.0909. The molecule has 0 radical (unpaired) electrons. The topological polar surface area (TPSA) is 9.23 Å². The average molecular weight is 426 g/mol. The minimum absolute atomic E-state index is 0.220. The fourth-order valence-electron chi connectivity index (χ4n) is 2.74. The van der Waals surface area contributed by atoms with Crippen LogP contribution in [0.3, 0.4) is 0 Å². The first-order chi connectivity index (χ1) is 14.1. The maximum atomic E-state index is 14.0. The molecule has 0 saturated carbocycles. The molecule has 30 heavy (non-hydrogen) atoms. The largest absolute Gasteiger partial charge is 0.451 e. The molecule has 0 saturated heterocycles. The molecule has 0 aliphatic heterocycles. The molecule has 0 atom stereocenters. The van der Waals surface area contributed by atoms with Crippen molar-refractivity contribution in [2.24, 2.45) is 0 Å². The molecule has 3 aromatic carbocycles. The Balaban J connectivity index is 1.90. The Morgan fingerprint density at radius 1 is 0.767 bits per heavy atom. The third-order valence-electron chi connectivity index (χ3n) is 4.22. The van der Waals surface area contributed by atoms with E-state index in [0.29, 0.717) is 0 Å². The van der Waals surface area contributed by atoms with Gasteiger partial charge in [-0.2, -0.15) is 22.0 Å². The van der Waals surface area contributed by atoms with Crippen molar-refractivity contribution in [1.82, 2.24) is 0 Å². The van der Waals surface area contributed by atoms with E-state index in [1.165, 1.54) is 24.3 Å². The summed E-state index contributed by atoms with van der Waals surface area (Å²) in [6, 6.07) is 15.0. The number of hydrogen-bond acceptors (Lipinski definition) is 1. The van der Waals surface area contributed by atoms with E-state index in [-0.39, 0.29) is 5.75 Å². The van der Waals surface area contributed by atoms with Crippen LogP contribution in [0.5, 0.6) is 11.5 Å². The maximum Gasteiger partial charge on any atom is 0.422 e. The van der Waals surface area contributed by atoms with Crippen molar-refractivity contribution < 1.29 is 35.5 Å². The van der Waals surface area contributed by atoms with Gasteiger partial charge in [0.05, 0.1) is 0 Å². The van der Waals surface area contributed by atoms with E-state index in [1.807, 2.05) is 43.3 Å². The third-order valence-corrected chi connectivity index (χ3v) is 4.22. The molecule has 0 heterocycles. The van der Waals surface area contributed by atoms with E-state index >= 15 is 0 Å². The highest BCUT2D eigenvalue weighted by Crippen LogP contribution is 2.40. The molecule has 0 spiro atoms. The van der Waals surface area contributed by atoms with Gasteiger partial charge in [0.25, 0.3) is 0 Å². The number of halogens is 7. The summed E-state index contributed by atoms with van der Waals surface area (Å²) in [6.45, 7) is 1.82. The van der Waals surface area contributed by atoms with Crippen LogP contribution in [0, 0.1) is 23.3 Å². The Labute approximate surface area is 167 Å². The Bertz CT molecular complexity index is 1060. The second kappa shape index (κ2) is 8.22. The van der Waals surface area contributed by atoms with Gasteiger partial charge in [0, 0.05) is 0 Å². The predicted octanol–water partition coefficient (Wildman–Crippen LogP) is 7.61. The number of hydrogen-bond donors (Lipinski definition) is 0. The maximum absolute atomic E-state index is 14.0. The van der Waals surface area contributed by atoms with Gasteiger partial charge in [-0.05, 0) is 35.8 Å². The van der Waals surface area contributed by atoms with Crippen molar-refractivity contribution in [3.8, 4) is 11.5 Å². The Morgan fingerprint density at radius 3 is 1.80 bits per heavy atom. The van der Waals surface area contributed by atoms with Gasteiger partial charge in [-0.25, -0.2) is 8.78 Å². The first-order valence-electron chi connectivity index (χ1n) is 8.54. The van der Waals surface area contributed by atoms with Crippen LogP contribution >= 0.6 is 0 Å². The minimum atomic E-state index is -5.61. The van der Waals surface area contributed by atoms with Crippen LogP contribution in [0.1, 0.15) is 23.6 Å². The zero-order valence-corrected chi connectivity index (χ0v) is 15.3. The van der Waals surface area contributed by atoms with E-state index in [2.05, 4.69) is 0 Å². The summed E-state index contributed by atoms with van der Waals surface area (Å²) in [7, 11) is 0. The SMILES string of the molecule is C/C(=C\c1ccccc1)c1ccc(Oc2c(F)c(F)c(C(F)(F)F)c(F)c2F)cc1. The van der Waals surface area contributed by atoms with Crippen LogP contribution < -0.4 is 4.74 Å². The lowest BCUT2D eigenvalue weighted by atomic mass is 10.0. The van der Waals surface area contributed by atoms with Gasteiger partial charge in [0.1, 0.15) is 11.3 Å². The molecule has 0 fully saturated rings. The van der Waals surface area contributed by atoms with Gasteiger partial charge in [-0.15, -0.1) is 0 Å². The number of allylic oxidation sites excluding steroid dienone is 1. The fourth-order valence-corrected chi connectivity index (χ4v) is 2.74. The molecule has 1 nitrogen and oxygen atoms in total. The monoisotopic (exact) mass is 426 g/mol. The smallest absolute Gasteiger partial charge is 0.422 e. The molecule has 0 aromatic heterocycles. The molecule has 3 rings (SSSR count). The highest BCUT2D eigenvalue weighted by atomic mass is 19.4. The molecular weight excluding hydrogens is 413 g/mol. The summed E-state index contributed by atoms with van der Waals surface area (Å²) in [5.74, 6) is -11.5. The summed E-state index contributed by atoms with van der Waals surface area (Å²) < 4.78 is 98.0. The second-order valence-electron chi connectivity index (χ2n) is 6.32. The van der Waals surface area contributed by atoms with Crippen molar-refractivity contribution in [1.29, 1.82) is 0 Å². The Morgan fingerprint density at radius 2 is 1.30 bits per heavy atom. The van der Waals surface area contributed by atoms with Crippen molar-refractivity contribution in [2.75, 3.05) is 0 Å². The van der Waals surface area contributed by atoms with Gasteiger partial charge >= 0.3 is 6.18 Å². The molecule has 156 valence electrons. The summed E-state index contributed by atoms with van der Waals surface area (Å²) in [5, 5.41) is 0. The van der Waals surface area contributed by atoms with Crippen LogP contribution in [-0.4, -0.2) is 0 Å². The second-order valence-corrected chi connectivity index (χ2v) is 6.32. The van der Waals surface area contributed by atoms with Crippen LogP contribution in [0.2, 0.25) is 0 Å². The van der Waals surface area contributed by atoms with E-state index in [4.69, 9.17) is 4.74 Å². The van der Waals surface area contributed by atoms with Gasteiger partial charge in [0.15, 0.2) is 11.6 Å². The van der Waals surface area contributed by atoms with Gasteiger partial charge in [0.2, 0.25) is 17.4 Å². The molecule has 0 aliphatic carbocycles. The molecule has 8 heteroatoms. The first-order valence-corrected chi connectivity index (χ1v) is 8.54. The van der Waals surface area contributed by atoms with Crippen molar-refractivity contribution in [2.45, 2.75) is 13.1 Å². The highest BCUT2D eigenvalue weighted by molar-refractivity contribution is 5.80. The molecule has 3 aromatic rings. The number of benzene rings is 3. The minimum Gasteiger partial charge on any atom is -0.451 e. The van der Waals surface area contributed by atoms with Crippen LogP contribution in [-0.2, 0) is 6.18 Å². The van der Waals surface area contributed by atoms with Crippen molar-refractivity contribution in [3.05, 3.63) is 94.6 Å². The highest BCUT2D eigenvalue weighted by Gasteiger charge is 2.42. The van der Waals surface area contributed by atoms with Crippen LogP contribution in [0.4, 0.5) is 30.7 Å². The van der Waals surface area contributed by atoms with Gasteiger partial charge in [-0.3, -0.25) is 0 Å². The number of alkyl halides is 3. The van der Waals surface area contributed by atoms with Crippen LogP contribution in [0.25, 0.3) is 11.6 Å². The van der Waals surface area contributed by atoms with E-state index in [9.17, 15) is 30.7 Å². The third kappa shape index (κ3) is 4.32. The first kappa shape index (κ1) is 21.4. The lowest BCUT2D eigenvalue weighted by Gasteiger charge is -2.14. The lowest BCUT2D eigenvalue weighted by molar-refractivity contribution is -0.143.